The van der Waals surface area contributed by atoms with Crippen molar-refractivity contribution in [1.29, 1.82) is 0 Å². The molecular formula is C29H47NO4. The Hall–Kier alpha value is -0.910. The van der Waals surface area contributed by atoms with E-state index in [1.54, 1.807) is 0 Å². The quantitative estimate of drug-likeness (QED) is 0.561. The molecule has 34 heavy (non-hydrogen) atoms. The third-order valence-electron chi connectivity index (χ3n) is 12.1. The summed E-state index contributed by atoms with van der Waals surface area (Å²) in [6.45, 7) is 16.1. The largest absolute Gasteiger partial charge is 0.445 e. The molecule has 1 heterocycles. The molecule has 5 nitrogen and oxygen atoms in total. The van der Waals surface area contributed by atoms with E-state index in [0.29, 0.717) is 24.7 Å². The van der Waals surface area contributed by atoms with Crippen molar-refractivity contribution in [2.24, 2.45) is 39.9 Å². The van der Waals surface area contributed by atoms with Crippen molar-refractivity contribution in [2.45, 2.75) is 117 Å². The number of oxazole rings is 1. The molecule has 3 N–H and O–H groups in total. The molecular weight excluding hydrogens is 426 g/mol. The number of rotatable bonds is 4. The Morgan fingerprint density at radius 2 is 1.74 bits per heavy atom. The zero-order chi connectivity index (χ0) is 24.9. The molecule has 0 unspecified atom stereocenters. The van der Waals surface area contributed by atoms with E-state index < -0.39 is 11.7 Å². The highest BCUT2D eigenvalue weighted by Gasteiger charge is 2.71. The third kappa shape index (κ3) is 3.05. The lowest BCUT2D eigenvalue weighted by atomic mass is 9.35. The first-order valence-electron chi connectivity index (χ1n) is 13.7. The van der Waals surface area contributed by atoms with Crippen LogP contribution in [-0.2, 0) is 11.8 Å². The zero-order valence-electron chi connectivity index (χ0n) is 22.4. The molecule has 3 fully saturated rings. The number of aliphatic hydroxyl groups excluding tert-OH is 2. The van der Waals surface area contributed by atoms with Gasteiger partial charge in [-0.1, -0.05) is 34.6 Å². The zero-order valence-corrected chi connectivity index (χ0v) is 22.4. The van der Waals surface area contributed by atoms with Crippen LogP contribution in [0, 0.1) is 46.8 Å². The Morgan fingerprint density at radius 3 is 2.41 bits per heavy atom. The second kappa shape index (κ2) is 7.55. The number of hydrogen-bond donors (Lipinski definition) is 3. The highest BCUT2D eigenvalue weighted by Crippen LogP contribution is 2.75. The Kier molecular flexibility index (Phi) is 5.50. The van der Waals surface area contributed by atoms with E-state index in [2.05, 4.69) is 34.6 Å². The molecule has 0 spiro atoms. The van der Waals surface area contributed by atoms with Gasteiger partial charge in [-0.25, -0.2) is 4.98 Å². The number of aromatic nitrogens is 1. The maximum atomic E-state index is 11.8. The predicted molar refractivity (Wildman–Crippen MR) is 132 cm³/mol. The molecule has 0 amide bonds. The van der Waals surface area contributed by atoms with Crippen molar-refractivity contribution < 1.29 is 19.7 Å². The minimum Gasteiger partial charge on any atom is -0.445 e. The monoisotopic (exact) mass is 473 g/mol. The van der Waals surface area contributed by atoms with Gasteiger partial charge in [0, 0.05) is 18.9 Å². The number of aryl methyl sites for hydroxylation is 1. The minimum atomic E-state index is -0.851. The van der Waals surface area contributed by atoms with Gasteiger partial charge in [0.25, 0.3) is 0 Å². The van der Waals surface area contributed by atoms with Gasteiger partial charge < -0.3 is 19.7 Å². The summed E-state index contributed by atoms with van der Waals surface area (Å²) in [5.74, 6) is 2.93. The van der Waals surface area contributed by atoms with E-state index in [-0.39, 0.29) is 40.1 Å². The van der Waals surface area contributed by atoms with E-state index in [1.165, 1.54) is 6.42 Å². The topological polar surface area (TPSA) is 86.7 Å². The van der Waals surface area contributed by atoms with Gasteiger partial charge in [0.15, 0.2) is 5.89 Å². The lowest BCUT2D eigenvalue weighted by Gasteiger charge is -2.69. The summed E-state index contributed by atoms with van der Waals surface area (Å²) in [5.41, 5.74) is 0.358. The Labute approximate surface area is 205 Å². The molecule has 5 rings (SSSR count). The molecule has 5 heteroatoms. The van der Waals surface area contributed by atoms with Crippen LogP contribution < -0.4 is 0 Å². The van der Waals surface area contributed by atoms with Crippen LogP contribution in [0.5, 0.6) is 0 Å². The van der Waals surface area contributed by atoms with Crippen LogP contribution in [0.3, 0.4) is 0 Å². The van der Waals surface area contributed by atoms with Gasteiger partial charge in [-0.05, 0) is 98.2 Å². The minimum absolute atomic E-state index is 0.0126. The SMILES string of the molecule is Cc1nc2c(o1)C(C)(C)[C@@H]1CC[C@]3(C)[C@H](C[C@@H](O)[C@@H]4[C@@H]([C@@](C)(O)CCCO)CC[C@]43C)[C@@]1(C)C2. The van der Waals surface area contributed by atoms with Crippen LogP contribution in [0.15, 0.2) is 4.42 Å². The lowest BCUT2D eigenvalue weighted by molar-refractivity contribution is -0.224. The van der Waals surface area contributed by atoms with E-state index in [1.807, 2.05) is 13.8 Å². The number of fused-ring (bicyclic) bond motifs is 6. The van der Waals surface area contributed by atoms with E-state index in [9.17, 15) is 15.3 Å². The smallest absolute Gasteiger partial charge is 0.191 e. The van der Waals surface area contributed by atoms with Gasteiger partial charge in [0.05, 0.1) is 17.4 Å². The van der Waals surface area contributed by atoms with Crippen molar-refractivity contribution in [3.8, 4) is 0 Å². The first-order valence-corrected chi connectivity index (χ1v) is 13.7. The molecule has 0 radical (unpaired) electrons. The van der Waals surface area contributed by atoms with Crippen molar-refractivity contribution >= 4 is 0 Å². The summed E-state index contributed by atoms with van der Waals surface area (Å²) in [4.78, 5) is 4.84. The van der Waals surface area contributed by atoms with Crippen LogP contribution >= 0.6 is 0 Å². The van der Waals surface area contributed by atoms with Gasteiger partial charge in [-0.3, -0.25) is 0 Å². The maximum Gasteiger partial charge on any atom is 0.191 e. The Morgan fingerprint density at radius 1 is 1.06 bits per heavy atom. The van der Waals surface area contributed by atoms with Crippen LogP contribution in [0.25, 0.3) is 0 Å². The van der Waals surface area contributed by atoms with Crippen molar-refractivity contribution in [1.82, 2.24) is 4.98 Å². The van der Waals surface area contributed by atoms with Gasteiger partial charge in [-0.15, -0.1) is 0 Å². The second-order valence-electron chi connectivity index (χ2n) is 14.1. The standard InChI is InChI=1S/C29H47NO4/c1-17-30-19-16-26(4)21(25(2,3)24(19)34-17)10-13-27(5)22(26)15-20(32)23-18(9-12-28(23,27)6)29(7,33)11-8-14-31/h18,20-23,31-33H,8-16H2,1-7H3/t18-,20+,21-,22+,23-,26-,27+,28+,29-/m0/s1. The maximum absolute atomic E-state index is 11.8. The summed E-state index contributed by atoms with van der Waals surface area (Å²) in [5, 5.41) is 32.7. The summed E-state index contributed by atoms with van der Waals surface area (Å²) >= 11 is 0. The van der Waals surface area contributed by atoms with Gasteiger partial charge in [-0.2, -0.15) is 0 Å². The molecule has 0 aliphatic heterocycles. The third-order valence-corrected chi connectivity index (χ3v) is 12.1. The average molecular weight is 474 g/mol. The van der Waals surface area contributed by atoms with Crippen LogP contribution in [0.1, 0.15) is 104 Å². The van der Waals surface area contributed by atoms with Gasteiger partial charge >= 0.3 is 0 Å². The summed E-state index contributed by atoms with van der Waals surface area (Å²) in [6.07, 6.45) is 6.87. The van der Waals surface area contributed by atoms with E-state index in [4.69, 9.17) is 9.40 Å². The highest BCUT2D eigenvalue weighted by molar-refractivity contribution is 5.31. The fourth-order valence-corrected chi connectivity index (χ4v) is 10.5. The summed E-state index contributed by atoms with van der Waals surface area (Å²) < 4.78 is 6.16. The molecule has 3 saturated carbocycles. The van der Waals surface area contributed by atoms with Gasteiger partial charge in [0.1, 0.15) is 5.76 Å². The summed E-state index contributed by atoms with van der Waals surface area (Å²) in [7, 11) is 0. The Balaban J connectivity index is 1.55. The molecule has 192 valence electrons. The second-order valence-corrected chi connectivity index (χ2v) is 14.1. The molecule has 9 atom stereocenters. The molecule has 1 aromatic rings. The van der Waals surface area contributed by atoms with Crippen molar-refractivity contribution in [3.63, 3.8) is 0 Å². The predicted octanol–water partition coefficient (Wildman–Crippen LogP) is 5.18. The number of nitrogens with zero attached hydrogens (tertiary/aromatic N) is 1. The van der Waals surface area contributed by atoms with Crippen molar-refractivity contribution in [2.75, 3.05) is 6.61 Å². The molecule has 0 bridgehead atoms. The molecule has 1 aromatic heterocycles. The van der Waals surface area contributed by atoms with Crippen LogP contribution in [-0.4, -0.2) is 38.6 Å². The summed E-state index contributed by atoms with van der Waals surface area (Å²) in [6, 6.07) is 0. The average Bonchev–Trinajstić information content (AvgIpc) is 3.30. The first-order chi connectivity index (χ1) is 15.7. The number of hydrogen-bond acceptors (Lipinski definition) is 5. The lowest BCUT2D eigenvalue weighted by Crippen LogP contribution is -2.66. The fraction of sp³-hybridized carbons (Fsp3) is 0.897. The normalized spacial score (nSPS) is 46.7. The first kappa shape index (κ1) is 24.8. The fourth-order valence-electron chi connectivity index (χ4n) is 10.5. The molecule has 0 aromatic carbocycles. The Bertz CT molecular complexity index is 952. The number of aliphatic hydroxyl groups is 3. The van der Waals surface area contributed by atoms with E-state index in [0.717, 1.165) is 49.4 Å². The highest BCUT2D eigenvalue weighted by atomic mass is 16.4. The van der Waals surface area contributed by atoms with Crippen LogP contribution in [0.2, 0.25) is 0 Å². The molecule has 4 aliphatic carbocycles. The van der Waals surface area contributed by atoms with Crippen molar-refractivity contribution in [3.05, 3.63) is 17.3 Å². The molecule has 0 saturated heterocycles. The molecule has 4 aliphatic rings. The van der Waals surface area contributed by atoms with E-state index >= 15 is 0 Å². The van der Waals surface area contributed by atoms with Crippen LogP contribution in [0.4, 0.5) is 0 Å². The van der Waals surface area contributed by atoms with Gasteiger partial charge in [0.2, 0.25) is 0 Å².